The lowest BCUT2D eigenvalue weighted by Gasteiger charge is -2.10. The number of nitrogens with two attached hydrogens (primary N) is 1. The molecule has 30 heavy (non-hydrogen) atoms. The standard InChI is InChI=1S/C24H26Cl2N2O2/c1-4-16(2)6-5-7-23(17(3)27)24(29)28-15-18-8-10-21(11-9-18)30-22-13-19(25)12-20(26)14-22/h5-14H,4,15,27H2,1-3H3,(H,28,29)/b7-5-,16-6?,23-17-. The number of hydrogen-bond acceptors (Lipinski definition) is 3. The van der Waals surface area contributed by atoms with Crippen LogP contribution in [0.5, 0.6) is 11.5 Å². The molecule has 0 aromatic heterocycles. The molecule has 3 N–H and O–H groups in total. The highest BCUT2D eigenvalue weighted by Crippen LogP contribution is 2.28. The summed E-state index contributed by atoms with van der Waals surface area (Å²) in [4.78, 5) is 12.5. The van der Waals surface area contributed by atoms with E-state index in [4.69, 9.17) is 33.7 Å². The van der Waals surface area contributed by atoms with Crippen LogP contribution in [-0.2, 0) is 11.3 Å². The topological polar surface area (TPSA) is 64.3 Å². The largest absolute Gasteiger partial charge is 0.457 e. The molecule has 1 amide bonds. The molecular weight excluding hydrogens is 419 g/mol. The summed E-state index contributed by atoms with van der Waals surface area (Å²) >= 11 is 12.0. The summed E-state index contributed by atoms with van der Waals surface area (Å²) in [5.74, 6) is 0.978. The van der Waals surface area contributed by atoms with Crippen molar-refractivity contribution in [3.63, 3.8) is 0 Å². The molecule has 0 bridgehead atoms. The molecule has 2 aromatic rings. The average molecular weight is 445 g/mol. The van der Waals surface area contributed by atoms with E-state index in [9.17, 15) is 4.79 Å². The minimum atomic E-state index is -0.220. The van der Waals surface area contributed by atoms with Gasteiger partial charge in [-0.15, -0.1) is 0 Å². The van der Waals surface area contributed by atoms with Crippen LogP contribution in [0, 0.1) is 0 Å². The number of amides is 1. The molecule has 0 aliphatic heterocycles. The van der Waals surface area contributed by atoms with E-state index in [1.54, 1.807) is 31.2 Å². The molecule has 0 heterocycles. The van der Waals surface area contributed by atoms with Crippen molar-refractivity contribution in [2.45, 2.75) is 33.7 Å². The summed E-state index contributed by atoms with van der Waals surface area (Å²) < 4.78 is 5.77. The second-order valence-corrected chi connectivity index (χ2v) is 7.73. The maximum Gasteiger partial charge on any atom is 0.253 e. The van der Waals surface area contributed by atoms with E-state index >= 15 is 0 Å². The summed E-state index contributed by atoms with van der Waals surface area (Å²) in [5, 5.41) is 3.90. The van der Waals surface area contributed by atoms with Gasteiger partial charge in [0.2, 0.25) is 0 Å². The van der Waals surface area contributed by atoms with E-state index in [0.29, 0.717) is 39.4 Å². The number of hydrogen-bond donors (Lipinski definition) is 2. The lowest BCUT2D eigenvalue weighted by Crippen LogP contribution is -2.25. The molecule has 0 fully saturated rings. The summed E-state index contributed by atoms with van der Waals surface area (Å²) in [7, 11) is 0. The zero-order valence-corrected chi connectivity index (χ0v) is 18.8. The molecule has 2 rings (SSSR count). The minimum Gasteiger partial charge on any atom is -0.457 e. The van der Waals surface area contributed by atoms with Gasteiger partial charge in [-0.05, 0) is 62.2 Å². The van der Waals surface area contributed by atoms with E-state index in [0.717, 1.165) is 12.0 Å². The minimum absolute atomic E-state index is 0.220. The van der Waals surface area contributed by atoms with Crippen molar-refractivity contribution in [1.29, 1.82) is 0 Å². The average Bonchev–Trinajstić information content (AvgIpc) is 2.69. The Hall–Kier alpha value is -2.69. The number of carbonyl (C=O) groups excluding carboxylic acids is 1. The molecule has 2 aromatic carbocycles. The van der Waals surface area contributed by atoms with Gasteiger partial charge in [0.15, 0.2) is 0 Å². The molecule has 4 nitrogen and oxygen atoms in total. The van der Waals surface area contributed by atoms with Gasteiger partial charge in [-0.25, -0.2) is 0 Å². The Labute approximate surface area is 188 Å². The number of benzene rings is 2. The molecule has 0 radical (unpaired) electrons. The van der Waals surface area contributed by atoms with Gasteiger partial charge in [0.05, 0.1) is 5.57 Å². The Morgan fingerprint density at radius 1 is 1.07 bits per heavy atom. The number of rotatable bonds is 8. The summed E-state index contributed by atoms with van der Waals surface area (Å²) in [5.41, 5.74) is 8.96. The van der Waals surface area contributed by atoms with Gasteiger partial charge in [-0.3, -0.25) is 4.79 Å². The molecular formula is C24H26Cl2N2O2. The van der Waals surface area contributed by atoms with Crippen molar-refractivity contribution in [3.05, 3.63) is 93.1 Å². The smallest absolute Gasteiger partial charge is 0.253 e. The third kappa shape index (κ3) is 7.62. The van der Waals surface area contributed by atoms with E-state index in [2.05, 4.69) is 12.2 Å². The first kappa shape index (κ1) is 23.6. The quantitative estimate of drug-likeness (QED) is 0.358. The van der Waals surface area contributed by atoms with Crippen molar-refractivity contribution in [2.75, 3.05) is 0 Å². The number of ether oxygens (including phenoxy) is 1. The lowest BCUT2D eigenvalue weighted by atomic mass is 10.1. The zero-order valence-electron chi connectivity index (χ0n) is 17.3. The molecule has 0 atom stereocenters. The molecule has 0 saturated heterocycles. The molecule has 6 heteroatoms. The van der Waals surface area contributed by atoms with Gasteiger partial charge in [0.25, 0.3) is 5.91 Å². The van der Waals surface area contributed by atoms with Crippen LogP contribution in [0.3, 0.4) is 0 Å². The van der Waals surface area contributed by atoms with Crippen molar-refractivity contribution in [3.8, 4) is 11.5 Å². The first-order valence-electron chi connectivity index (χ1n) is 9.59. The highest BCUT2D eigenvalue weighted by Gasteiger charge is 2.09. The van der Waals surface area contributed by atoms with E-state index in [-0.39, 0.29) is 5.91 Å². The lowest BCUT2D eigenvalue weighted by molar-refractivity contribution is -0.117. The number of carbonyl (C=O) groups is 1. The van der Waals surface area contributed by atoms with E-state index < -0.39 is 0 Å². The number of nitrogens with one attached hydrogen (secondary N) is 1. The summed E-state index contributed by atoms with van der Waals surface area (Å²) in [6.45, 7) is 6.20. The van der Waals surface area contributed by atoms with Crippen LogP contribution in [0.4, 0.5) is 0 Å². The van der Waals surface area contributed by atoms with E-state index in [1.807, 2.05) is 43.3 Å². The van der Waals surface area contributed by atoms with Gasteiger partial charge >= 0.3 is 0 Å². The third-order valence-corrected chi connectivity index (χ3v) is 4.76. The Bertz CT molecular complexity index is 953. The first-order valence-corrected chi connectivity index (χ1v) is 10.4. The molecule has 0 aliphatic rings. The van der Waals surface area contributed by atoms with Crippen molar-refractivity contribution in [1.82, 2.24) is 5.32 Å². The molecule has 0 saturated carbocycles. The van der Waals surface area contributed by atoms with Gasteiger partial charge in [0, 0.05) is 22.3 Å². The number of halogens is 2. The molecule has 0 aliphatic carbocycles. The second-order valence-electron chi connectivity index (χ2n) is 6.86. The van der Waals surface area contributed by atoms with Gasteiger partial charge in [-0.2, -0.15) is 0 Å². The number of allylic oxidation sites excluding steroid dienone is 4. The first-order chi connectivity index (χ1) is 14.3. The van der Waals surface area contributed by atoms with Crippen LogP contribution in [0.1, 0.15) is 32.8 Å². The normalized spacial score (nSPS) is 12.6. The predicted molar refractivity (Wildman–Crippen MR) is 125 cm³/mol. The Morgan fingerprint density at radius 3 is 2.27 bits per heavy atom. The fourth-order valence-corrected chi connectivity index (χ4v) is 3.00. The van der Waals surface area contributed by atoms with Crippen LogP contribution in [0.2, 0.25) is 10.0 Å². The monoisotopic (exact) mass is 444 g/mol. The molecule has 0 unspecified atom stereocenters. The van der Waals surface area contributed by atoms with Crippen molar-refractivity contribution >= 4 is 29.1 Å². The second kappa shape index (κ2) is 11.5. The maximum atomic E-state index is 12.5. The van der Waals surface area contributed by atoms with Crippen LogP contribution in [0.25, 0.3) is 0 Å². The third-order valence-electron chi connectivity index (χ3n) is 4.32. The van der Waals surface area contributed by atoms with Crippen LogP contribution >= 0.6 is 23.2 Å². The summed E-state index contributed by atoms with van der Waals surface area (Å²) in [6, 6.07) is 12.4. The van der Waals surface area contributed by atoms with Gasteiger partial charge in [0.1, 0.15) is 11.5 Å². The Kier molecular flexibility index (Phi) is 9.03. The highest BCUT2D eigenvalue weighted by molar-refractivity contribution is 6.34. The van der Waals surface area contributed by atoms with Crippen LogP contribution in [0.15, 0.2) is 77.5 Å². The SMILES string of the molecule is CCC(C)=C/C=C\C(C(=O)NCc1ccc(Oc2cc(Cl)cc(Cl)c2)cc1)=C(/C)N. The highest BCUT2D eigenvalue weighted by atomic mass is 35.5. The van der Waals surface area contributed by atoms with Gasteiger partial charge < -0.3 is 15.8 Å². The van der Waals surface area contributed by atoms with Crippen LogP contribution in [-0.4, -0.2) is 5.91 Å². The zero-order chi connectivity index (χ0) is 22.1. The predicted octanol–water partition coefficient (Wildman–Crippen LogP) is 6.55. The van der Waals surface area contributed by atoms with Crippen molar-refractivity contribution < 1.29 is 9.53 Å². The van der Waals surface area contributed by atoms with Crippen molar-refractivity contribution in [2.24, 2.45) is 5.73 Å². The Balaban J connectivity index is 1.98. The fourth-order valence-electron chi connectivity index (χ4n) is 2.49. The van der Waals surface area contributed by atoms with Crippen LogP contribution < -0.4 is 15.8 Å². The summed E-state index contributed by atoms with van der Waals surface area (Å²) in [6.07, 6.45) is 6.51. The van der Waals surface area contributed by atoms with Gasteiger partial charge in [-0.1, -0.05) is 60.0 Å². The molecule has 158 valence electrons. The Morgan fingerprint density at radius 2 is 1.70 bits per heavy atom. The maximum absolute atomic E-state index is 12.5. The van der Waals surface area contributed by atoms with E-state index in [1.165, 1.54) is 5.57 Å². The molecule has 0 spiro atoms. The fraction of sp³-hybridized carbons (Fsp3) is 0.208.